The third-order valence-electron chi connectivity index (χ3n) is 5.63. The quantitative estimate of drug-likeness (QED) is 0.344. The summed E-state index contributed by atoms with van der Waals surface area (Å²) >= 11 is 0. The molecule has 3 rings (SSSR count). The van der Waals surface area contributed by atoms with Crippen LogP contribution < -0.4 is 8.92 Å². The van der Waals surface area contributed by atoms with Crippen molar-refractivity contribution in [1.82, 2.24) is 4.57 Å². The normalized spacial score (nSPS) is 13.4. The summed E-state index contributed by atoms with van der Waals surface area (Å²) in [5.74, 6) is -0.317. The fourth-order valence-corrected chi connectivity index (χ4v) is 3.88. The van der Waals surface area contributed by atoms with E-state index in [1.807, 2.05) is 56.4 Å². The molecule has 0 aliphatic carbocycles. The van der Waals surface area contributed by atoms with E-state index in [1.165, 1.54) is 0 Å². The van der Waals surface area contributed by atoms with E-state index >= 15 is 0 Å². The monoisotopic (exact) mass is 483 g/mol. The number of aryl methyl sites for hydroxylation is 2. The van der Waals surface area contributed by atoms with Crippen molar-refractivity contribution in [1.29, 1.82) is 0 Å². The molecule has 0 aliphatic rings. The van der Waals surface area contributed by atoms with Gasteiger partial charge in [0.15, 0.2) is 0 Å². The van der Waals surface area contributed by atoms with Crippen LogP contribution in [-0.2, 0) is 27.9 Å². The summed E-state index contributed by atoms with van der Waals surface area (Å²) in [6, 6.07) is 14.7. The van der Waals surface area contributed by atoms with Gasteiger partial charge in [0.25, 0.3) is 0 Å². The topological polar surface area (TPSA) is 94.8 Å². The lowest BCUT2D eigenvalue weighted by molar-refractivity contribution is -0.157. The van der Waals surface area contributed by atoms with Crippen LogP contribution in [0.3, 0.4) is 0 Å². The molecule has 2 radical (unpaired) electrons. The van der Waals surface area contributed by atoms with Crippen LogP contribution in [0.25, 0.3) is 10.9 Å². The lowest BCUT2D eigenvalue weighted by Gasteiger charge is -2.30. The maximum absolute atomic E-state index is 11.6. The molecule has 1 atom stereocenters. The molecule has 1 unspecified atom stereocenters. The van der Waals surface area contributed by atoms with Crippen LogP contribution in [0.15, 0.2) is 54.7 Å². The molecule has 174 valence electrons. The van der Waals surface area contributed by atoms with E-state index in [2.05, 4.69) is 4.57 Å². The third-order valence-corrected chi connectivity index (χ3v) is 6.13. The molecule has 2 aromatic carbocycles. The Bertz CT molecular complexity index is 1200. The first-order chi connectivity index (χ1) is 15.0. The number of hydrogen-bond acceptors (Lipinski definition) is 5. The van der Waals surface area contributed by atoms with Gasteiger partial charge >= 0.3 is 16.1 Å². The van der Waals surface area contributed by atoms with E-state index in [0.29, 0.717) is 11.5 Å². The number of nitrogens with zero attached hydrogens (tertiary/aromatic N) is 1. The number of aromatic nitrogens is 1. The van der Waals surface area contributed by atoms with Gasteiger partial charge < -0.3 is 18.6 Å². The molecule has 9 heteroatoms. The van der Waals surface area contributed by atoms with Gasteiger partial charge in [-0.25, -0.2) is 4.79 Å². The first kappa shape index (κ1) is 27.0. The van der Waals surface area contributed by atoms with Crippen LogP contribution in [0.4, 0.5) is 0 Å². The molecule has 33 heavy (non-hydrogen) atoms. The van der Waals surface area contributed by atoms with Gasteiger partial charge in [-0.2, -0.15) is 8.42 Å². The van der Waals surface area contributed by atoms with Crippen molar-refractivity contribution < 1.29 is 27.2 Å². The average Bonchev–Trinajstić information content (AvgIpc) is 3.10. The Kier molecular flexibility index (Phi) is 8.84. The molecule has 0 aliphatic heterocycles. The van der Waals surface area contributed by atoms with Crippen molar-refractivity contribution in [2.24, 2.45) is 5.92 Å². The second-order valence-electron chi connectivity index (χ2n) is 8.43. The van der Waals surface area contributed by atoms with E-state index < -0.39 is 21.7 Å². The highest BCUT2D eigenvalue weighted by Gasteiger charge is 2.39. The van der Waals surface area contributed by atoms with Gasteiger partial charge in [0, 0.05) is 52.6 Å². The minimum absolute atomic E-state index is 0. The van der Waals surface area contributed by atoms with E-state index in [0.717, 1.165) is 42.1 Å². The van der Waals surface area contributed by atoms with Crippen LogP contribution in [0.1, 0.15) is 32.8 Å². The lowest BCUT2D eigenvalue weighted by Crippen LogP contribution is -2.46. The number of ether oxygens (including phenoxy) is 1. The molecule has 1 aromatic heterocycles. The molecule has 0 amide bonds. The Morgan fingerprint density at radius 3 is 2.30 bits per heavy atom. The zero-order valence-corrected chi connectivity index (χ0v) is 21.7. The second kappa shape index (κ2) is 10.8. The van der Waals surface area contributed by atoms with Gasteiger partial charge in [0.05, 0.1) is 6.26 Å². The highest BCUT2D eigenvalue weighted by atomic mass is 32.2. The maximum atomic E-state index is 11.6. The average molecular weight is 484 g/mol. The number of hydrogen-bond donors (Lipinski definition) is 1. The number of carboxylic acid groups (broad SMARTS) is 1. The SMILES string of the molecule is CC(C)C(C)(Oc1ccc(CCCn2ccc3cc(OS(C)(=O)=O)ccc32)cc1)C(=O)O.[Mg]. The molecular weight excluding hydrogens is 455 g/mol. The summed E-state index contributed by atoms with van der Waals surface area (Å²) in [7, 11) is -3.55. The largest absolute Gasteiger partial charge is 0.478 e. The Hall–Kier alpha value is -2.23. The van der Waals surface area contributed by atoms with Gasteiger partial charge in [-0.05, 0) is 61.7 Å². The van der Waals surface area contributed by atoms with Gasteiger partial charge in [-0.15, -0.1) is 0 Å². The molecule has 1 N–H and O–H groups in total. The molecule has 1 heterocycles. The van der Waals surface area contributed by atoms with Crippen molar-refractivity contribution in [3.05, 3.63) is 60.3 Å². The molecular formula is C24H29MgNO6S. The highest BCUT2D eigenvalue weighted by molar-refractivity contribution is 7.86. The molecule has 0 fully saturated rings. The van der Waals surface area contributed by atoms with Crippen molar-refractivity contribution in [3.8, 4) is 11.5 Å². The van der Waals surface area contributed by atoms with E-state index in [1.54, 1.807) is 19.1 Å². The number of benzene rings is 2. The Morgan fingerprint density at radius 2 is 1.73 bits per heavy atom. The molecule has 7 nitrogen and oxygen atoms in total. The summed E-state index contributed by atoms with van der Waals surface area (Å²) < 4.78 is 35.5. The molecule has 0 bridgehead atoms. The predicted molar refractivity (Wildman–Crippen MR) is 129 cm³/mol. The smallest absolute Gasteiger partial charge is 0.348 e. The van der Waals surface area contributed by atoms with Crippen LogP contribution >= 0.6 is 0 Å². The van der Waals surface area contributed by atoms with E-state index in [-0.39, 0.29) is 29.0 Å². The maximum Gasteiger partial charge on any atom is 0.348 e. The Balaban J connectivity index is 0.00000385. The minimum Gasteiger partial charge on any atom is -0.478 e. The molecule has 0 saturated heterocycles. The fraction of sp³-hybridized carbons (Fsp3) is 0.375. The zero-order chi connectivity index (χ0) is 23.5. The zero-order valence-electron chi connectivity index (χ0n) is 19.4. The summed E-state index contributed by atoms with van der Waals surface area (Å²) in [6.07, 6.45) is 4.76. The summed E-state index contributed by atoms with van der Waals surface area (Å²) in [4.78, 5) is 11.6. The number of carboxylic acids is 1. The minimum atomic E-state index is -3.55. The van der Waals surface area contributed by atoms with Crippen molar-refractivity contribution in [3.63, 3.8) is 0 Å². The van der Waals surface area contributed by atoms with E-state index in [4.69, 9.17) is 8.92 Å². The summed E-state index contributed by atoms with van der Waals surface area (Å²) in [5, 5.41) is 10.4. The van der Waals surface area contributed by atoms with Crippen molar-refractivity contribution >= 4 is 50.0 Å². The van der Waals surface area contributed by atoms with E-state index in [9.17, 15) is 18.3 Å². The van der Waals surface area contributed by atoms with Crippen molar-refractivity contribution in [2.45, 2.75) is 45.8 Å². The Morgan fingerprint density at radius 1 is 1.09 bits per heavy atom. The lowest BCUT2D eigenvalue weighted by atomic mass is 9.92. The van der Waals surface area contributed by atoms with Gasteiger partial charge in [-0.3, -0.25) is 0 Å². The first-order valence-electron chi connectivity index (χ1n) is 10.5. The molecule has 0 saturated carbocycles. The van der Waals surface area contributed by atoms with Gasteiger partial charge in [0.2, 0.25) is 5.60 Å². The van der Waals surface area contributed by atoms with Crippen LogP contribution in [0.5, 0.6) is 11.5 Å². The van der Waals surface area contributed by atoms with Gasteiger partial charge in [-0.1, -0.05) is 26.0 Å². The summed E-state index contributed by atoms with van der Waals surface area (Å²) in [6.45, 7) is 6.05. The number of aliphatic carboxylic acids is 1. The number of fused-ring (bicyclic) bond motifs is 1. The first-order valence-corrected chi connectivity index (χ1v) is 12.3. The standard InChI is InChI=1S/C24H29NO6S.Mg/c1-17(2)24(3,23(26)27)30-20-9-7-18(8-10-20)6-5-14-25-15-13-19-16-21(11-12-22(19)25)31-32(4,28)29;/h7-13,15-17H,5-6,14H2,1-4H3,(H,26,27);. The molecule has 3 aromatic rings. The second-order valence-corrected chi connectivity index (χ2v) is 10.0. The van der Waals surface area contributed by atoms with Crippen LogP contribution in [0.2, 0.25) is 0 Å². The Labute approximate surface area is 211 Å². The number of carbonyl (C=O) groups is 1. The van der Waals surface area contributed by atoms with Crippen LogP contribution in [-0.4, -0.2) is 59.0 Å². The third kappa shape index (κ3) is 6.88. The summed E-state index contributed by atoms with van der Waals surface area (Å²) in [5.41, 5.74) is 0.874. The van der Waals surface area contributed by atoms with Crippen LogP contribution in [0, 0.1) is 5.92 Å². The predicted octanol–water partition coefficient (Wildman–Crippen LogP) is 4.11. The molecule has 0 spiro atoms. The van der Waals surface area contributed by atoms with Crippen molar-refractivity contribution in [2.75, 3.05) is 6.26 Å². The number of rotatable bonds is 10. The van der Waals surface area contributed by atoms with Gasteiger partial charge in [0.1, 0.15) is 11.5 Å². The fourth-order valence-electron chi connectivity index (χ4n) is 3.43. The highest BCUT2D eigenvalue weighted by Crippen LogP contribution is 2.27.